The number of anilines is 1. The molecule has 1 aromatic carbocycles. The average Bonchev–Trinajstić information content (AvgIpc) is 2.95. The summed E-state index contributed by atoms with van der Waals surface area (Å²) in [5.41, 5.74) is -0.422. The van der Waals surface area contributed by atoms with Gasteiger partial charge in [-0.3, -0.25) is 19.8 Å². The van der Waals surface area contributed by atoms with Gasteiger partial charge in [0.2, 0.25) is 5.91 Å². The van der Waals surface area contributed by atoms with Gasteiger partial charge in [-0.15, -0.1) is 0 Å². The Morgan fingerprint density at radius 3 is 2.71 bits per heavy atom. The molecule has 1 aliphatic rings. The van der Waals surface area contributed by atoms with Gasteiger partial charge >= 0.3 is 6.09 Å². The summed E-state index contributed by atoms with van der Waals surface area (Å²) < 4.78 is 5.32. The Kier molecular flexibility index (Phi) is 5.06. The second-order valence-corrected chi connectivity index (χ2v) is 6.63. The van der Waals surface area contributed by atoms with Crippen molar-refractivity contribution in [3.63, 3.8) is 0 Å². The van der Waals surface area contributed by atoms with E-state index in [2.05, 4.69) is 5.32 Å². The van der Waals surface area contributed by atoms with Gasteiger partial charge in [-0.2, -0.15) is 0 Å². The van der Waals surface area contributed by atoms with Crippen molar-refractivity contribution in [3.8, 4) is 0 Å². The molecule has 0 aromatic heterocycles. The maximum atomic E-state index is 12.4. The molecule has 0 saturated carbocycles. The number of amides is 2. The summed E-state index contributed by atoms with van der Waals surface area (Å²) in [5, 5.41) is 13.4. The molecule has 1 saturated heterocycles. The molecule has 1 unspecified atom stereocenters. The molecular formula is C16H21N3O5. The summed E-state index contributed by atoms with van der Waals surface area (Å²) in [5.74, 6) is -0.376. The van der Waals surface area contributed by atoms with Gasteiger partial charge in [-0.05, 0) is 39.7 Å². The van der Waals surface area contributed by atoms with E-state index in [9.17, 15) is 19.7 Å². The summed E-state index contributed by atoms with van der Waals surface area (Å²) in [6, 6.07) is 5.05. The van der Waals surface area contributed by atoms with Gasteiger partial charge in [0.15, 0.2) is 0 Å². The lowest BCUT2D eigenvalue weighted by atomic mass is 10.2. The molecule has 0 aliphatic carbocycles. The van der Waals surface area contributed by atoms with Crippen LogP contribution in [0.25, 0.3) is 0 Å². The molecule has 1 aromatic rings. The fraction of sp³-hybridized carbons (Fsp3) is 0.500. The first-order valence-electron chi connectivity index (χ1n) is 7.72. The summed E-state index contributed by atoms with van der Waals surface area (Å²) in [7, 11) is 0. The Morgan fingerprint density at radius 1 is 1.38 bits per heavy atom. The van der Waals surface area contributed by atoms with Crippen LogP contribution >= 0.6 is 0 Å². The normalized spacial score (nSPS) is 17.5. The minimum absolute atomic E-state index is 0.108. The zero-order valence-electron chi connectivity index (χ0n) is 13.9. The van der Waals surface area contributed by atoms with E-state index in [4.69, 9.17) is 4.74 Å². The first-order chi connectivity index (χ1) is 11.2. The summed E-state index contributed by atoms with van der Waals surface area (Å²) >= 11 is 0. The second-order valence-electron chi connectivity index (χ2n) is 6.63. The molecule has 0 bridgehead atoms. The molecule has 1 aliphatic heterocycles. The molecule has 1 heterocycles. The number of rotatable bonds is 3. The Bertz CT molecular complexity index is 653. The van der Waals surface area contributed by atoms with Gasteiger partial charge in [-0.1, -0.05) is 6.07 Å². The lowest BCUT2D eigenvalue weighted by molar-refractivity contribution is -0.384. The van der Waals surface area contributed by atoms with Gasteiger partial charge < -0.3 is 10.1 Å². The zero-order valence-corrected chi connectivity index (χ0v) is 13.9. The fourth-order valence-electron chi connectivity index (χ4n) is 2.50. The third-order valence-electron chi connectivity index (χ3n) is 3.51. The fourth-order valence-corrected chi connectivity index (χ4v) is 2.50. The molecule has 1 fully saturated rings. The number of nitrogens with one attached hydrogen (secondary N) is 1. The number of nitro groups is 1. The number of carbonyl (C=O) groups is 2. The number of nitro benzene ring substituents is 1. The molecule has 0 radical (unpaired) electrons. The van der Waals surface area contributed by atoms with E-state index in [0.717, 1.165) is 0 Å². The van der Waals surface area contributed by atoms with Gasteiger partial charge in [-0.25, -0.2) is 4.79 Å². The highest BCUT2D eigenvalue weighted by Gasteiger charge is 2.36. The van der Waals surface area contributed by atoms with E-state index >= 15 is 0 Å². The zero-order chi connectivity index (χ0) is 17.9. The summed E-state index contributed by atoms with van der Waals surface area (Å²) in [6.07, 6.45) is 0.700. The van der Waals surface area contributed by atoms with Crippen molar-refractivity contribution in [2.45, 2.75) is 45.3 Å². The topological polar surface area (TPSA) is 102 Å². The molecule has 8 heteroatoms. The number of hydrogen-bond donors (Lipinski definition) is 1. The van der Waals surface area contributed by atoms with Gasteiger partial charge in [0.25, 0.3) is 5.69 Å². The van der Waals surface area contributed by atoms with E-state index < -0.39 is 22.7 Å². The number of hydrogen-bond acceptors (Lipinski definition) is 5. The Labute approximate surface area is 139 Å². The number of ether oxygens (including phenoxy) is 1. The van der Waals surface area contributed by atoms with Crippen LogP contribution in [0.2, 0.25) is 0 Å². The third-order valence-corrected chi connectivity index (χ3v) is 3.51. The number of non-ortho nitro benzene ring substituents is 1. The molecule has 2 rings (SSSR count). The molecular weight excluding hydrogens is 314 g/mol. The van der Waals surface area contributed by atoms with Crippen molar-refractivity contribution in [1.82, 2.24) is 4.90 Å². The molecule has 0 spiro atoms. The summed E-state index contributed by atoms with van der Waals surface area (Å²) in [6.45, 7) is 5.74. The van der Waals surface area contributed by atoms with Crippen LogP contribution in [0.1, 0.15) is 33.6 Å². The van der Waals surface area contributed by atoms with E-state index in [-0.39, 0.29) is 11.6 Å². The highest BCUT2D eigenvalue weighted by Crippen LogP contribution is 2.23. The van der Waals surface area contributed by atoms with E-state index in [1.165, 1.54) is 23.1 Å². The lowest BCUT2D eigenvalue weighted by Crippen LogP contribution is -2.45. The maximum absolute atomic E-state index is 12.4. The molecule has 24 heavy (non-hydrogen) atoms. The Morgan fingerprint density at radius 2 is 2.08 bits per heavy atom. The maximum Gasteiger partial charge on any atom is 0.410 e. The van der Waals surface area contributed by atoms with Crippen LogP contribution in [-0.4, -0.2) is 40.0 Å². The minimum atomic E-state index is -0.640. The van der Waals surface area contributed by atoms with E-state index in [1.807, 2.05) is 0 Å². The van der Waals surface area contributed by atoms with Gasteiger partial charge in [0.05, 0.1) is 4.92 Å². The average molecular weight is 335 g/mol. The monoisotopic (exact) mass is 335 g/mol. The standard InChI is InChI=1S/C16H21N3O5/c1-16(2,3)24-15(21)18-9-5-8-13(18)14(20)17-11-6-4-7-12(10-11)19(22)23/h4,6-7,10,13H,5,8-9H2,1-3H3,(H,17,20). The van der Waals surface area contributed by atoms with Crippen molar-refractivity contribution >= 4 is 23.4 Å². The van der Waals surface area contributed by atoms with Crippen molar-refractivity contribution < 1.29 is 19.2 Å². The van der Waals surface area contributed by atoms with Crippen molar-refractivity contribution in [1.29, 1.82) is 0 Å². The Balaban J connectivity index is 2.07. The largest absolute Gasteiger partial charge is 0.444 e. The predicted octanol–water partition coefficient (Wildman–Crippen LogP) is 2.93. The molecule has 1 N–H and O–H groups in total. The number of nitrogens with zero attached hydrogens (tertiary/aromatic N) is 2. The van der Waals surface area contributed by atoms with Crippen molar-refractivity contribution in [2.24, 2.45) is 0 Å². The van der Waals surface area contributed by atoms with Crippen LogP contribution < -0.4 is 5.32 Å². The summed E-state index contributed by atoms with van der Waals surface area (Å²) in [4.78, 5) is 36.3. The molecule has 2 amide bonds. The third kappa shape index (κ3) is 4.43. The van der Waals surface area contributed by atoms with Crippen LogP contribution in [0, 0.1) is 10.1 Å². The SMILES string of the molecule is CC(C)(C)OC(=O)N1CCCC1C(=O)Nc1cccc([N+](=O)[O-])c1. The van der Waals surface area contributed by atoms with Crippen LogP contribution in [0.5, 0.6) is 0 Å². The predicted molar refractivity (Wildman–Crippen MR) is 87.7 cm³/mol. The van der Waals surface area contributed by atoms with Crippen molar-refractivity contribution in [3.05, 3.63) is 34.4 Å². The van der Waals surface area contributed by atoms with Crippen LogP contribution in [0.15, 0.2) is 24.3 Å². The Hall–Kier alpha value is -2.64. The van der Waals surface area contributed by atoms with E-state index in [0.29, 0.717) is 25.1 Å². The second kappa shape index (κ2) is 6.86. The number of carbonyl (C=O) groups excluding carboxylic acids is 2. The van der Waals surface area contributed by atoms with E-state index in [1.54, 1.807) is 26.8 Å². The lowest BCUT2D eigenvalue weighted by Gasteiger charge is -2.28. The molecule has 130 valence electrons. The first kappa shape index (κ1) is 17.7. The first-order valence-corrected chi connectivity index (χ1v) is 7.72. The van der Waals surface area contributed by atoms with Crippen LogP contribution in [0.3, 0.4) is 0 Å². The minimum Gasteiger partial charge on any atom is -0.444 e. The van der Waals surface area contributed by atoms with Crippen molar-refractivity contribution in [2.75, 3.05) is 11.9 Å². The van der Waals surface area contributed by atoms with Gasteiger partial charge in [0.1, 0.15) is 11.6 Å². The van der Waals surface area contributed by atoms with Crippen LogP contribution in [0.4, 0.5) is 16.2 Å². The van der Waals surface area contributed by atoms with Crippen LogP contribution in [-0.2, 0) is 9.53 Å². The quantitative estimate of drug-likeness (QED) is 0.676. The smallest absolute Gasteiger partial charge is 0.410 e. The number of benzene rings is 1. The van der Waals surface area contributed by atoms with Gasteiger partial charge in [0, 0.05) is 24.4 Å². The molecule has 1 atom stereocenters. The highest BCUT2D eigenvalue weighted by atomic mass is 16.6. The molecule has 8 nitrogen and oxygen atoms in total. The number of likely N-dealkylation sites (tertiary alicyclic amines) is 1. The highest BCUT2D eigenvalue weighted by molar-refractivity contribution is 5.97.